The third kappa shape index (κ3) is 3.67. The number of hydrogen-bond donors (Lipinski definition) is 1. The summed E-state index contributed by atoms with van der Waals surface area (Å²) < 4.78 is 0. The molecule has 0 aliphatic heterocycles. The van der Waals surface area contributed by atoms with Crippen LogP contribution in [0.4, 0.5) is 0 Å². The van der Waals surface area contributed by atoms with E-state index in [0.29, 0.717) is 0 Å². The van der Waals surface area contributed by atoms with Crippen molar-refractivity contribution in [3.8, 4) is 12.8 Å². The van der Waals surface area contributed by atoms with E-state index in [1.807, 2.05) is 13.8 Å². The smallest absolute Gasteiger partial charge is 0.0186 e. The molecule has 0 aromatic carbocycles. The molecule has 22 heavy (non-hydrogen) atoms. The predicted octanol–water partition coefficient (Wildman–Crippen LogP) is 5.90. The van der Waals surface area contributed by atoms with E-state index in [1.165, 1.54) is 63.5 Å². The molecule has 0 aromatic heterocycles. The minimum absolute atomic E-state index is 1.24. The monoisotopic (exact) mass is 299 g/mol. The molecular formula is C21H33N. The molecule has 0 amide bonds. The lowest BCUT2D eigenvalue weighted by Gasteiger charge is -2.24. The van der Waals surface area contributed by atoms with Crippen molar-refractivity contribution in [2.45, 2.75) is 78.6 Å². The van der Waals surface area contributed by atoms with Gasteiger partial charge in [-0.25, -0.2) is 0 Å². The third-order valence-electron chi connectivity index (χ3n) is 4.83. The Morgan fingerprint density at radius 2 is 1.64 bits per heavy atom. The Hall–Kier alpha value is -1.42. The van der Waals surface area contributed by atoms with Crippen molar-refractivity contribution in [2.75, 3.05) is 7.05 Å². The van der Waals surface area contributed by atoms with Gasteiger partial charge in [0.05, 0.1) is 0 Å². The predicted molar refractivity (Wildman–Crippen MR) is 98.6 cm³/mol. The fraction of sp³-hybridized carbons (Fsp3) is 0.619. The van der Waals surface area contributed by atoms with Crippen LogP contribution in [0.3, 0.4) is 0 Å². The van der Waals surface area contributed by atoms with Gasteiger partial charge in [0, 0.05) is 12.7 Å². The molecule has 0 heterocycles. The molecule has 0 fully saturated rings. The molecule has 122 valence electrons. The number of terminal acetylenes is 1. The molecule has 1 heteroatoms. The SMILES string of the molecule is C#C.CC.CCCC1=C2CC3=C(CCCC3)C2=C(NC)CC1. The minimum atomic E-state index is 1.24. The zero-order chi connectivity index (χ0) is 16.5. The van der Waals surface area contributed by atoms with Crippen LogP contribution >= 0.6 is 0 Å². The summed E-state index contributed by atoms with van der Waals surface area (Å²) in [4.78, 5) is 0. The van der Waals surface area contributed by atoms with Crippen molar-refractivity contribution in [3.05, 3.63) is 33.6 Å². The first-order valence-electron chi connectivity index (χ1n) is 9.02. The van der Waals surface area contributed by atoms with Gasteiger partial charge in [-0.3, -0.25) is 0 Å². The van der Waals surface area contributed by atoms with Crippen LogP contribution in [0.25, 0.3) is 0 Å². The Kier molecular flexibility index (Phi) is 8.10. The fourth-order valence-corrected chi connectivity index (χ4v) is 3.99. The van der Waals surface area contributed by atoms with Crippen LogP contribution in [0.5, 0.6) is 0 Å². The third-order valence-corrected chi connectivity index (χ3v) is 4.83. The van der Waals surface area contributed by atoms with Crippen molar-refractivity contribution in [2.24, 2.45) is 0 Å². The molecule has 1 nitrogen and oxygen atoms in total. The summed E-state index contributed by atoms with van der Waals surface area (Å²) in [7, 11) is 2.10. The highest BCUT2D eigenvalue weighted by Gasteiger charge is 2.32. The Morgan fingerprint density at radius 1 is 0.955 bits per heavy atom. The van der Waals surface area contributed by atoms with Gasteiger partial charge in [-0.2, -0.15) is 0 Å². The lowest BCUT2D eigenvalue weighted by atomic mass is 9.84. The van der Waals surface area contributed by atoms with Crippen molar-refractivity contribution >= 4 is 0 Å². The summed E-state index contributed by atoms with van der Waals surface area (Å²) >= 11 is 0. The van der Waals surface area contributed by atoms with E-state index in [2.05, 4.69) is 32.1 Å². The molecule has 3 aliphatic carbocycles. The van der Waals surface area contributed by atoms with Gasteiger partial charge in [0.2, 0.25) is 0 Å². The molecule has 0 radical (unpaired) electrons. The molecule has 0 spiro atoms. The maximum atomic E-state index is 4.00. The maximum Gasteiger partial charge on any atom is 0.0186 e. The Morgan fingerprint density at radius 3 is 2.27 bits per heavy atom. The second-order valence-corrected chi connectivity index (χ2v) is 5.90. The molecule has 0 atom stereocenters. The first kappa shape index (κ1) is 18.6. The van der Waals surface area contributed by atoms with Gasteiger partial charge >= 0.3 is 0 Å². The summed E-state index contributed by atoms with van der Waals surface area (Å²) in [5.41, 5.74) is 10.2. The summed E-state index contributed by atoms with van der Waals surface area (Å²) in [5.74, 6) is 0. The van der Waals surface area contributed by atoms with E-state index < -0.39 is 0 Å². The number of hydrogen-bond acceptors (Lipinski definition) is 1. The molecular weight excluding hydrogens is 266 g/mol. The van der Waals surface area contributed by atoms with Crippen LogP contribution in [-0.2, 0) is 0 Å². The first-order chi connectivity index (χ1) is 10.8. The van der Waals surface area contributed by atoms with Crippen molar-refractivity contribution < 1.29 is 0 Å². The summed E-state index contributed by atoms with van der Waals surface area (Å²) in [5, 5.41) is 3.48. The fourth-order valence-electron chi connectivity index (χ4n) is 3.99. The summed E-state index contributed by atoms with van der Waals surface area (Å²) in [6.07, 6.45) is 19.9. The second kappa shape index (κ2) is 9.57. The number of nitrogens with one attached hydrogen (secondary N) is 1. The van der Waals surface area contributed by atoms with E-state index in [1.54, 1.807) is 27.9 Å². The van der Waals surface area contributed by atoms with E-state index in [-0.39, 0.29) is 0 Å². The van der Waals surface area contributed by atoms with E-state index in [9.17, 15) is 0 Å². The normalized spacial score (nSPS) is 19.5. The number of allylic oxidation sites excluding steroid dienone is 6. The van der Waals surface area contributed by atoms with E-state index in [4.69, 9.17) is 0 Å². The molecule has 0 saturated carbocycles. The Labute approximate surface area is 138 Å². The van der Waals surface area contributed by atoms with Gasteiger partial charge in [0.1, 0.15) is 0 Å². The number of rotatable bonds is 3. The highest BCUT2D eigenvalue weighted by molar-refractivity contribution is 5.62. The zero-order valence-corrected chi connectivity index (χ0v) is 15.0. The Bertz CT molecular complexity index is 485. The molecule has 0 aromatic rings. The van der Waals surface area contributed by atoms with Gasteiger partial charge < -0.3 is 5.32 Å². The molecule has 1 N–H and O–H groups in total. The lowest BCUT2D eigenvalue weighted by Crippen LogP contribution is -2.15. The highest BCUT2D eigenvalue weighted by Crippen LogP contribution is 2.49. The van der Waals surface area contributed by atoms with Crippen molar-refractivity contribution in [1.82, 2.24) is 5.32 Å². The van der Waals surface area contributed by atoms with Gasteiger partial charge in [0.25, 0.3) is 0 Å². The zero-order valence-electron chi connectivity index (χ0n) is 15.0. The Balaban J connectivity index is 0.000000561. The average Bonchev–Trinajstić information content (AvgIpc) is 2.99. The standard InChI is InChI=1S/C17H25N.C2H6.C2H2/c1-3-6-12-9-10-16(18-2)17-14-8-5-4-7-13(14)11-15(12)17;2*1-2/h18H,3-11H2,1-2H3;1-2H3;1-2H. The van der Waals surface area contributed by atoms with Gasteiger partial charge in [-0.05, 0) is 68.1 Å². The van der Waals surface area contributed by atoms with Gasteiger partial charge in [-0.15, -0.1) is 12.8 Å². The number of fused-ring (bicyclic) bond motifs is 2. The van der Waals surface area contributed by atoms with Crippen LogP contribution < -0.4 is 5.32 Å². The van der Waals surface area contributed by atoms with E-state index >= 15 is 0 Å². The summed E-state index contributed by atoms with van der Waals surface area (Å²) in [6.45, 7) is 6.31. The van der Waals surface area contributed by atoms with Crippen LogP contribution in [0, 0.1) is 12.8 Å². The van der Waals surface area contributed by atoms with Crippen molar-refractivity contribution in [3.63, 3.8) is 0 Å². The summed E-state index contributed by atoms with van der Waals surface area (Å²) in [6, 6.07) is 0. The van der Waals surface area contributed by atoms with Crippen LogP contribution in [-0.4, -0.2) is 7.05 Å². The minimum Gasteiger partial charge on any atom is -0.391 e. The molecule has 0 saturated heterocycles. The second-order valence-electron chi connectivity index (χ2n) is 5.90. The maximum absolute atomic E-state index is 4.00. The quantitative estimate of drug-likeness (QED) is 0.640. The van der Waals surface area contributed by atoms with Gasteiger partial charge in [0.15, 0.2) is 0 Å². The van der Waals surface area contributed by atoms with Crippen LogP contribution in [0.2, 0.25) is 0 Å². The molecule has 3 aliphatic rings. The molecule has 3 rings (SSSR count). The van der Waals surface area contributed by atoms with Crippen LogP contribution in [0.15, 0.2) is 33.6 Å². The largest absolute Gasteiger partial charge is 0.391 e. The van der Waals surface area contributed by atoms with Crippen molar-refractivity contribution in [1.29, 1.82) is 0 Å². The molecule has 0 bridgehead atoms. The van der Waals surface area contributed by atoms with Gasteiger partial charge in [-0.1, -0.05) is 38.3 Å². The van der Waals surface area contributed by atoms with E-state index in [0.717, 1.165) is 0 Å². The highest BCUT2D eigenvalue weighted by atomic mass is 14.8. The average molecular weight is 300 g/mol. The lowest BCUT2D eigenvalue weighted by molar-refractivity contribution is 0.679. The first-order valence-corrected chi connectivity index (χ1v) is 9.02. The topological polar surface area (TPSA) is 12.0 Å². The van der Waals surface area contributed by atoms with Crippen LogP contribution in [0.1, 0.15) is 78.6 Å². The molecule has 0 unspecified atom stereocenters.